The van der Waals surface area contributed by atoms with Crippen LogP contribution in [0.25, 0.3) is 0 Å². The Morgan fingerprint density at radius 2 is 2.00 bits per heavy atom. The third kappa shape index (κ3) is 4.05. The van der Waals surface area contributed by atoms with Gasteiger partial charge in [0.25, 0.3) is 0 Å². The van der Waals surface area contributed by atoms with Crippen molar-refractivity contribution in [3.8, 4) is 0 Å². The number of hydrogen-bond donors (Lipinski definition) is 1. The SMILES string of the molecule is CCNCC(c1ccccc1)N1CCCCCC1C. The summed E-state index contributed by atoms with van der Waals surface area (Å²) in [7, 11) is 0. The van der Waals surface area contributed by atoms with Crippen LogP contribution in [-0.4, -0.2) is 30.6 Å². The van der Waals surface area contributed by atoms with Crippen LogP contribution in [-0.2, 0) is 0 Å². The van der Waals surface area contributed by atoms with Crippen molar-refractivity contribution in [1.82, 2.24) is 10.2 Å². The summed E-state index contributed by atoms with van der Waals surface area (Å²) in [6.45, 7) is 7.93. The smallest absolute Gasteiger partial charge is 0.0475 e. The number of rotatable bonds is 5. The minimum absolute atomic E-state index is 0.522. The molecule has 2 nitrogen and oxygen atoms in total. The molecule has 0 saturated carbocycles. The summed E-state index contributed by atoms with van der Waals surface area (Å²) < 4.78 is 0. The van der Waals surface area contributed by atoms with Crippen LogP contribution >= 0.6 is 0 Å². The zero-order valence-electron chi connectivity index (χ0n) is 12.4. The Morgan fingerprint density at radius 1 is 1.21 bits per heavy atom. The second-order valence-corrected chi connectivity index (χ2v) is 5.67. The molecule has 0 radical (unpaired) electrons. The van der Waals surface area contributed by atoms with Gasteiger partial charge in [0.15, 0.2) is 0 Å². The zero-order chi connectivity index (χ0) is 13.5. The third-order valence-corrected chi connectivity index (χ3v) is 4.28. The van der Waals surface area contributed by atoms with Crippen LogP contribution in [0, 0.1) is 0 Å². The molecule has 1 heterocycles. The molecule has 1 saturated heterocycles. The molecule has 0 bridgehead atoms. The van der Waals surface area contributed by atoms with E-state index in [4.69, 9.17) is 0 Å². The van der Waals surface area contributed by atoms with E-state index < -0.39 is 0 Å². The first-order valence-electron chi connectivity index (χ1n) is 7.84. The topological polar surface area (TPSA) is 15.3 Å². The molecule has 0 aliphatic carbocycles. The van der Waals surface area contributed by atoms with Gasteiger partial charge in [0.05, 0.1) is 0 Å². The number of nitrogens with one attached hydrogen (secondary N) is 1. The van der Waals surface area contributed by atoms with Gasteiger partial charge in [-0.25, -0.2) is 0 Å². The molecule has 1 N–H and O–H groups in total. The van der Waals surface area contributed by atoms with Crippen molar-refractivity contribution in [2.75, 3.05) is 19.6 Å². The minimum atomic E-state index is 0.522. The molecular formula is C17H28N2. The maximum atomic E-state index is 3.54. The molecule has 1 aromatic carbocycles. The Bertz CT molecular complexity index is 350. The van der Waals surface area contributed by atoms with E-state index in [0.29, 0.717) is 12.1 Å². The maximum Gasteiger partial charge on any atom is 0.0475 e. The van der Waals surface area contributed by atoms with Crippen LogP contribution in [0.2, 0.25) is 0 Å². The summed E-state index contributed by atoms with van der Waals surface area (Å²) in [4.78, 5) is 2.71. The molecule has 106 valence electrons. The van der Waals surface area contributed by atoms with Crippen LogP contribution in [0.1, 0.15) is 51.1 Å². The van der Waals surface area contributed by atoms with Gasteiger partial charge in [-0.15, -0.1) is 0 Å². The van der Waals surface area contributed by atoms with Crippen LogP contribution < -0.4 is 5.32 Å². The lowest BCUT2D eigenvalue weighted by Crippen LogP contribution is -2.41. The van der Waals surface area contributed by atoms with E-state index in [9.17, 15) is 0 Å². The molecule has 2 rings (SSSR count). The predicted molar refractivity (Wildman–Crippen MR) is 82.4 cm³/mol. The molecule has 1 aliphatic heterocycles. The fourth-order valence-electron chi connectivity index (χ4n) is 3.14. The summed E-state index contributed by atoms with van der Waals surface area (Å²) in [5.41, 5.74) is 1.46. The number of nitrogens with zero attached hydrogens (tertiary/aromatic N) is 1. The fraction of sp³-hybridized carbons (Fsp3) is 0.647. The monoisotopic (exact) mass is 260 g/mol. The van der Waals surface area contributed by atoms with Crippen molar-refractivity contribution in [2.45, 2.75) is 51.6 Å². The Morgan fingerprint density at radius 3 is 2.74 bits per heavy atom. The molecule has 1 fully saturated rings. The van der Waals surface area contributed by atoms with E-state index in [0.717, 1.165) is 13.1 Å². The summed E-state index contributed by atoms with van der Waals surface area (Å²) >= 11 is 0. The molecule has 1 aliphatic rings. The van der Waals surface area contributed by atoms with E-state index >= 15 is 0 Å². The Labute approximate surface area is 118 Å². The highest BCUT2D eigenvalue weighted by atomic mass is 15.2. The third-order valence-electron chi connectivity index (χ3n) is 4.28. The molecular weight excluding hydrogens is 232 g/mol. The second-order valence-electron chi connectivity index (χ2n) is 5.67. The van der Waals surface area contributed by atoms with E-state index in [1.807, 2.05) is 0 Å². The van der Waals surface area contributed by atoms with Crippen molar-refractivity contribution in [3.05, 3.63) is 35.9 Å². The first-order valence-corrected chi connectivity index (χ1v) is 7.84. The van der Waals surface area contributed by atoms with E-state index in [2.05, 4.69) is 54.4 Å². The van der Waals surface area contributed by atoms with Gasteiger partial charge in [0.2, 0.25) is 0 Å². The second kappa shape index (κ2) is 7.66. The van der Waals surface area contributed by atoms with Crippen molar-refractivity contribution < 1.29 is 0 Å². The minimum Gasteiger partial charge on any atom is -0.315 e. The fourth-order valence-corrected chi connectivity index (χ4v) is 3.14. The molecule has 0 aromatic heterocycles. The highest BCUT2D eigenvalue weighted by Gasteiger charge is 2.25. The lowest BCUT2D eigenvalue weighted by Gasteiger charge is -2.36. The number of likely N-dealkylation sites (N-methyl/N-ethyl adjacent to an activating group) is 1. The van der Waals surface area contributed by atoms with E-state index in [1.165, 1.54) is 37.8 Å². The Hall–Kier alpha value is -0.860. The Kier molecular flexibility index (Phi) is 5.87. The number of benzene rings is 1. The molecule has 2 atom stereocenters. The predicted octanol–water partition coefficient (Wildman–Crippen LogP) is 3.60. The summed E-state index contributed by atoms with van der Waals surface area (Å²) in [5.74, 6) is 0. The average molecular weight is 260 g/mol. The summed E-state index contributed by atoms with van der Waals surface area (Å²) in [6.07, 6.45) is 5.47. The highest BCUT2D eigenvalue weighted by molar-refractivity contribution is 5.19. The molecule has 19 heavy (non-hydrogen) atoms. The maximum absolute atomic E-state index is 3.54. The van der Waals surface area contributed by atoms with E-state index in [-0.39, 0.29) is 0 Å². The van der Waals surface area contributed by atoms with Gasteiger partial charge in [0.1, 0.15) is 0 Å². The van der Waals surface area contributed by atoms with Crippen LogP contribution in [0.5, 0.6) is 0 Å². The first-order chi connectivity index (χ1) is 9.33. The van der Waals surface area contributed by atoms with Crippen LogP contribution in [0.3, 0.4) is 0 Å². The van der Waals surface area contributed by atoms with Crippen molar-refractivity contribution in [3.63, 3.8) is 0 Å². The van der Waals surface area contributed by atoms with Gasteiger partial charge in [-0.05, 0) is 38.4 Å². The normalized spacial score (nSPS) is 22.9. The number of hydrogen-bond acceptors (Lipinski definition) is 2. The van der Waals surface area contributed by atoms with Gasteiger partial charge < -0.3 is 5.32 Å². The van der Waals surface area contributed by atoms with E-state index in [1.54, 1.807) is 0 Å². The zero-order valence-corrected chi connectivity index (χ0v) is 12.4. The standard InChI is InChI=1S/C17H28N2/c1-3-18-14-17(16-11-7-4-8-12-16)19-13-9-5-6-10-15(19)2/h4,7-8,11-12,15,17-18H,3,5-6,9-10,13-14H2,1-2H3. The first kappa shape index (κ1) is 14.5. The highest BCUT2D eigenvalue weighted by Crippen LogP contribution is 2.27. The molecule has 0 amide bonds. The molecule has 1 aromatic rings. The van der Waals surface area contributed by atoms with Crippen molar-refractivity contribution >= 4 is 0 Å². The number of likely N-dealkylation sites (tertiary alicyclic amines) is 1. The molecule has 0 spiro atoms. The van der Waals surface area contributed by atoms with Crippen LogP contribution in [0.4, 0.5) is 0 Å². The van der Waals surface area contributed by atoms with Gasteiger partial charge in [-0.2, -0.15) is 0 Å². The lowest BCUT2D eigenvalue weighted by atomic mass is 10.0. The molecule has 2 unspecified atom stereocenters. The average Bonchev–Trinajstić information content (AvgIpc) is 2.66. The largest absolute Gasteiger partial charge is 0.315 e. The van der Waals surface area contributed by atoms with Gasteiger partial charge in [-0.3, -0.25) is 4.90 Å². The summed E-state index contributed by atoms with van der Waals surface area (Å²) in [6, 6.07) is 12.2. The Balaban J connectivity index is 2.15. The van der Waals surface area contributed by atoms with Crippen LogP contribution in [0.15, 0.2) is 30.3 Å². The van der Waals surface area contributed by atoms with Gasteiger partial charge >= 0.3 is 0 Å². The summed E-state index contributed by atoms with van der Waals surface area (Å²) in [5, 5.41) is 3.54. The van der Waals surface area contributed by atoms with Crippen molar-refractivity contribution in [2.24, 2.45) is 0 Å². The quantitative estimate of drug-likeness (QED) is 0.870. The molecule has 2 heteroatoms. The lowest BCUT2D eigenvalue weighted by molar-refractivity contribution is 0.144. The van der Waals surface area contributed by atoms with Gasteiger partial charge in [0, 0.05) is 18.6 Å². The van der Waals surface area contributed by atoms with Crippen molar-refractivity contribution in [1.29, 1.82) is 0 Å². The van der Waals surface area contributed by atoms with Gasteiger partial charge in [-0.1, -0.05) is 50.1 Å².